The van der Waals surface area contributed by atoms with Crippen LogP contribution >= 0.6 is 23.2 Å². The summed E-state index contributed by atoms with van der Waals surface area (Å²) in [6.45, 7) is 6.26. The molecule has 1 rings (SSSR count). The van der Waals surface area contributed by atoms with Gasteiger partial charge >= 0.3 is 0 Å². The van der Waals surface area contributed by atoms with Gasteiger partial charge in [-0.05, 0) is 26.3 Å². The molecule has 0 atom stereocenters. The van der Waals surface area contributed by atoms with Gasteiger partial charge in [0.1, 0.15) is 5.15 Å². The van der Waals surface area contributed by atoms with Crippen molar-refractivity contribution < 1.29 is 0 Å². The van der Waals surface area contributed by atoms with Gasteiger partial charge in [0.2, 0.25) is 0 Å². The van der Waals surface area contributed by atoms with Crippen LogP contribution in [0.1, 0.15) is 26.0 Å². The lowest BCUT2D eigenvalue weighted by Gasteiger charge is -2.10. The first kappa shape index (κ1) is 16.9. The normalized spacial score (nSPS) is 12.2. The van der Waals surface area contributed by atoms with E-state index in [-0.39, 0.29) is 0 Å². The second-order valence-electron chi connectivity index (χ2n) is 4.31. The zero-order valence-electron chi connectivity index (χ0n) is 12.2. The van der Waals surface area contributed by atoms with E-state index in [1.54, 1.807) is 0 Å². The molecule has 0 aliphatic rings. The smallest absolute Gasteiger partial charge is 0.191 e. The summed E-state index contributed by atoms with van der Waals surface area (Å²) in [5.41, 5.74) is 0.977. The average Bonchev–Trinajstić information content (AvgIpc) is 2.68. The van der Waals surface area contributed by atoms with Crippen LogP contribution in [0.4, 0.5) is 0 Å². The first-order chi connectivity index (χ1) is 9.60. The van der Waals surface area contributed by atoms with Crippen LogP contribution in [0.15, 0.2) is 23.2 Å². The van der Waals surface area contributed by atoms with Crippen LogP contribution in [-0.4, -0.2) is 23.6 Å². The highest BCUT2D eigenvalue weighted by Crippen LogP contribution is 2.25. The Kier molecular flexibility index (Phi) is 7.55. The van der Waals surface area contributed by atoms with E-state index in [4.69, 9.17) is 23.2 Å². The van der Waals surface area contributed by atoms with Gasteiger partial charge in [0.25, 0.3) is 0 Å². The maximum Gasteiger partial charge on any atom is 0.191 e. The number of halogens is 2. The topological polar surface area (TPSA) is 41.4 Å². The van der Waals surface area contributed by atoms with E-state index in [0.29, 0.717) is 16.7 Å². The summed E-state index contributed by atoms with van der Waals surface area (Å²) in [5, 5.41) is 7.59. The molecule has 2 N–H and O–H groups in total. The average molecular weight is 317 g/mol. The lowest BCUT2D eigenvalue weighted by Crippen LogP contribution is -2.37. The molecular formula is C14H22Cl2N4. The molecule has 1 aromatic rings. The molecule has 0 radical (unpaired) electrons. The lowest BCUT2D eigenvalue weighted by molar-refractivity contribution is 0.785. The Morgan fingerprint density at radius 1 is 1.40 bits per heavy atom. The zero-order valence-corrected chi connectivity index (χ0v) is 13.7. The van der Waals surface area contributed by atoms with Crippen molar-refractivity contribution in [1.29, 1.82) is 0 Å². The van der Waals surface area contributed by atoms with E-state index >= 15 is 0 Å². The second kappa shape index (κ2) is 8.93. The first-order valence-electron chi connectivity index (χ1n) is 6.73. The van der Waals surface area contributed by atoms with Crippen LogP contribution in [-0.2, 0) is 13.6 Å². The summed E-state index contributed by atoms with van der Waals surface area (Å²) < 4.78 is 1.84. The zero-order chi connectivity index (χ0) is 15.0. The third-order valence-electron chi connectivity index (χ3n) is 2.80. The van der Waals surface area contributed by atoms with E-state index in [0.717, 1.165) is 31.2 Å². The van der Waals surface area contributed by atoms with Gasteiger partial charge in [-0.1, -0.05) is 35.4 Å². The highest BCUT2D eigenvalue weighted by molar-refractivity contribution is 6.41. The van der Waals surface area contributed by atoms with Crippen LogP contribution in [0.5, 0.6) is 0 Å². The Morgan fingerprint density at radius 3 is 2.70 bits per heavy atom. The monoisotopic (exact) mass is 316 g/mol. The van der Waals surface area contributed by atoms with E-state index in [9.17, 15) is 0 Å². The maximum atomic E-state index is 6.04. The van der Waals surface area contributed by atoms with Crippen LogP contribution in [0.2, 0.25) is 10.2 Å². The largest absolute Gasteiger partial charge is 0.357 e. The van der Waals surface area contributed by atoms with Crippen molar-refractivity contribution in [2.24, 2.45) is 12.0 Å². The molecule has 0 aliphatic carbocycles. The molecule has 0 aliphatic heterocycles. The summed E-state index contributed by atoms with van der Waals surface area (Å²) in [6, 6.07) is 1.84. The van der Waals surface area contributed by atoms with E-state index < -0.39 is 0 Å². The van der Waals surface area contributed by atoms with Gasteiger partial charge in [0, 0.05) is 25.8 Å². The molecule has 4 nitrogen and oxygen atoms in total. The van der Waals surface area contributed by atoms with E-state index in [1.807, 2.05) is 37.6 Å². The van der Waals surface area contributed by atoms with Crippen LogP contribution in [0.25, 0.3) is 0 Å². The van der Waals surface area contributed by atoms with Gasteiger partial charge in [-0.2, -0.15) is 0 Å². The predicted octanol–water partition coefficient (Wildman–Crippen LogP) is 3.35. The van der Waals surface area contributed by atoms with Crippen molar-refractivity contribution in [2.45, 2.75) is 26.8 Å². The van der Waals surface area contributed by atoms with E-state index in [1.165, 1.54) is 0 Å². The molecule has 20 heavy (non-hydrogen) atoms. The summed E-state index contributed by atoms with van der Waals surface area (Å²) in [7, 11) is 1.88. The van der Waals surface area contributed by atoms with Crippen molar-refractivity contribution >= 4 is 29.2 Å². The minimum Gasteiger partial charge on any atom is -0.357 e. The van der Waals surface area contributed by atoms with Gasteiger partial charge in [-0.25, -0.2) is 4.99 Å². The Morgan fingerprint density at radius 2 is 2.15 bits per heavy atom. The van der Waals surface area contributed by atoms with Crippen molar-refractivity contribution in [3.63, 3.8) is 0 Å². The number of aliphatic imine (C=N–C) groups is 1. The molecule has 6 heteroatoms. The molecule has 0 spiro atoms. The Balaban J connectivity index is 2.63. The lowest BCUT2D eigenvalue weighted by atomic mass is 10.4. The van der Waals surface area contributed by atoms with Gasteiger partial charge in [-0.15, -0.1) is 0 Å². The fourth-order valence-electron chi connectivity index (χ4n) is 1.68. The predicted molar refractivity (Wildman–Crippen MR) is 87.7 cm³/mol. The molecule has 0 fully saturated rings. The fourth-order valence-corrected chi connectivity index (χ4v) is 2.10. The number of allylic oxidation sites excluding steroid dienone is 1. The molecule has 0 unspecified atom stereocenters. The summed E-state index contributed by atoms with van der Waals surface area (Å²) in [5.74, 6) is 0.797. The number of rotatable bonds is 6. The molecule has 0 bridgehead atoms. The Hall–Kier alpha value is -1.13. The van der Waals surface area contributed by atoms with Gasteiger partial charge in [-0.3, -0.25) is 0 Å². The maximum absolute atomic E-state index is 6.04. The number of guanidine groups is 1. The number of nitrogens with one attached hydrogen (secondary N) is 2. The highest BCUT2D eigenvalue weighted by Gasteiger charge is 2.08. The molecule has 0 saturated heterocycles. The minimum absolute atomic E-state index is 0.530. The number of hydrogen-bond donors (Lipinski definition) is 2. The van der Waals surface area contributed by atoms with Gasteiger partial charge in [0.15, 0.2) is 5.96 Å². The van der Waals surface area contributed by atoms with Crippen molar-refractivity contribution in [2.75, 3.05) is 13.1 Å². The third-order valence-corrected chi connectivity index (χ3v) is 3.64. The van der Waals surface area contributed by atoms with Crippen molar-refractivity contribution in [1.82, 2.24) is 15.2 Å². The minimum atomic E-state index is 0.530. The molecule has 0 aromatic carbocycles. The molecule has 1 heterocycles. The fraction of sp³-hybridized carbons (Fsp3) is 0.500. The standard InChI is InChI=1S/C14H22Cl2N4/c1-4-6-7-8-18-14(17-5-2)19-10-11-9-12(15)13(16)20(11)3/h4,6,9H,5,7-8,10H2,1-3H3,(H2,17,18,19)/b6-4+. The summed E-state index contributed by atoms with van der Waals surface area (Å²) in [6.07, 6.45) is 5.13. The molecule has 0 amide bonds. The molecule has 0 saturated carbocycles. The second-order valence-corrected chi connectivity index (χ2v) is 5.08. The number of aromatic nitrogens is 1. The molecule has 1 aromatic heterocycles. The first-order valence-corrected chi connectivity index (χ1v) is 7.48. The quantitative estimate of drug-likeness (QED) is 0.366. The van der Waals surface area contributed by atoms with Crippen molar-refractivity contribution in [3.05, 3.63) is 34.1 Å². The highest BCUT2D eigenvalue weighted by atomic mass is 35.5. The SMILES string of the molecule is C/C=C/CCNC(=NCc1cc(Cl)c(Cl)n1C)NCC. The third kappa shape index (κ3) is 5.10. The number of nitrogens with zero attached hydrogens (tertiary/aromatic N) is 2. The van der Waals surface area contributed by atoms with Gasteiger partial charge < -0.3 is 15.2 Å². The van der Waals surface area contributed by atoms with Crippen LogP contribution in [0, 0.1) is 0 Å². The summed E-state index contributed by atoms with van der Waals surface area (Å²) in [4.78, 5) is 4.53. The van der Waals surface area contributed by atoms with Crippen LogP contribution < -0.4 is 10.6 Å². The van der Waals surface area contributed by atoms with E-state index in [2.05, 4.69) is 21.7 Å². The van der Waals surface area contributed by atoms with Crippen molar-refractivity contribution in [3.8, 4) is 0 Å². The molecule has 112 valence electrons. The Bertz CT molecular complexity index is 478. The summed E-state index contributed by atoms with van der Waals surface area (Å²) >= 11 is 12.0. The molecular weight excluding hydrogens is 295 g/mol. The van der Waals surface area contributed by atoms with Crippen LogP contribution in [0.3, 0.4) is 0 Å². The number of hydrogen-bond acceptors (Lipinski definition) is 1. The van der Waals surface area contributed by atoms with Gasteiger partial charge in [0.05, 0.1) is 11.6 Å². The Labute approximate surface area is 130 Å².